The highest BCUT2D eigenvalue weighted by atomic mass is 35.5. The predicted molar refractivity (Wildman–Crippen MR) is 91.7 cm³/mol. The quantitative estimate of drug-likeness (QED) is 0.608. The summed E-state index contributed by atoms with van der Waals surface area (Å²) in [5, 5.41) is 18.9. The maximum Gasteiger partial charge on any atom is 0.143 e. The maximum absolute atomic E-state index is 9.88. The van der Waals surface area contributed by atoms with E-state index in [4.69, 9.17) is 23.2 Å². The Morgan fingerprint density at radius 2 is 2.00 bits per heavy atom. The van der Waals surface area contributed by atoms with E-state index in [9.17, 15) is 5.11 Å². The van der Waals surface area contributed by atoms with Gasteiger partial charge in [0.15, 0.2) is 0 Å². The Bertz CT molecular complexity index is 784. The van der Waals surface area contributed by atoms with E-state index in [1.54, 1.807) is 6.07 Å². The Morgan fingerprint density at radius 3 is 2.82 bits per heavy atom. The lowest BCUT2D eigenvalue weighted by molar-refractivity contribution is 0.474. The molecule has 5 heteroatoms. The van der Waals surface area contributed by atoms with Crippen LogP contribution in [0.2, 0.25) is 10.0 Å². The SMILES string of the molecule is C[C@H]1CC(=N/N=C/c2cc(Cl)cc(Cl)c2O)c2ccccc21. The average molecular weight is 333 g/mol. The fourth-order valence-electron chi connectivity index (χ4n) is 2.64. The molecule has 0 spiro atoms. The Kier molecular flexibility index (Phi) is 4.19. The van der Waals surface area contributed by atoms with Gasteiger partial charge in [0.05, 0.1) is 16.9 Å². The van der Waals surface area contributed by atoms with Gasteiger partial charge in [0.2, 0.25) is 0 Å². The first-order valence-electron chi connectivity index (χ1n) is 6.93. The van der Waals surface area contributed by atoms with Gasteiger partial charge in [-0.2, -0.15) is 10.2 Å². The second kappa shape index (κ2) is 6.11. The van der Waals surface area contributed by atoms with Crippen LogP contribution in [0.5, 0.6) is 5.75 Å². The Balaban J connectivity index is 1.90. The first-order chi connectivity index (χ1) is 10.6. The second-order valence-electron chi connectivity index (χ2n) is 5.31. The van der Waals surface area contributed by atoms with Gasteiger partial charge in [-0.05, 0) is 30.0 Å². The van der Waals surface area contributed by atoms with Crippen LogP contribution in [0, 0.1) is 0 Å². The smallest absolute Gasteiger partial charge is 0.143 e. The lowest BCUT2D eigenvalue weighted by Gasteiger charge is -2.01. The molecule has 2 aromatic rings. The van der Waals surface area contributed by atoms with Crippen LogP contribution in [-0.4, -0.2) is 17.0 Å². The molecule has 1 aliphatic carbocycles. The minimum atomic E-state index is -0.0461. The molecular formula is C17H14Cl2N2O. The number of aromatic hydroxyl groups is 1. The van der Waals surface area contributed by atoms with Crippen molar-refractivity contribution in [2.24, 2.45) is 10.2 Å². The number of fused-ring (bicyclic) bond motifs is 1. The summed E-state index contributed by atoms with van der Waals surface area (Å²) in [6.45, 7) is 2.17. The summed E-state index contributed by atoms with van der Waals surface area (Å²) in [5.74, 6) is 0.398. The van der Waals surface area contributed by atoms with Crippen LogP contribution in [0.25, 0.3) is 0 Å². The number of hydrogen-bond donors (Lipinski definition) is 1. The number of benzene rings is 2. The van der Waals surface area contributed by atoms with E-state index in [-0.39, 0.29) is 10.8 Å². The van der Waals surface area contributed by atoms with Gasteiger partial charge in [-0.1, -0.05) is 54.4 Å². The topological polar surface area (TPSA) is 45.0 Å². The van der Waals surface area contributed by atoms with Crippen LogP contribution in [0.1, 0.15) is 36.0 Å². The molecule has 0 aromatic heterocycles. The molecule has 0 fully saturated rings. The van der Waals surface area contributed by atoms with E-state index in [0.717, 1.165) is 17.7 Å². The lowest BCUT2D eigenvalue weighted by Crippen LogP contribution is -1.93. The van der Waals surface area contributed by atoms with Gasteiger partial charge in [-0.25, -0.2) is 0 Å². The Hall–Kier alpha value is -1.84. The highest BCUT2D eigenvalue weighted by Crippen LogP contribution is 2.33. The van der Waals surface area contributed by atoms with Crippen molar-refractivity contribution in [3.63, 3.8) is 0 Å². The molecule has 1 atom stereocenters. The molecule has 1 aliphatic rings. The normalized spacial score (nSPS) is 19.0. The second-order valence-corrected chi connectivity index (χ2v) is 6.15. The number of phenolic OH excluding ortho intramolecular Hbond substituents is 1. The molecular weight excluding hydrogens is 319 g/mol. The van der Waals surface area contributed by atoms with Crippen LogP contribution < -0.4 is 0 Å². The molecule has 0 saturated carbocycles. The third-order valence-corrected chi connectivity index (χ3v) is 4.24. The van der Waals surface area contributed by atoms with Crippen molar-refractivity contribution >= 4 is 35.1 Å². The summed E-state index contributed by atoms with van der Waals surface area (Å²) in [5.41, 5.74) is 3.83. The van der Waals surface area contributed by atoms with Crippen molar-refractivity contribution in [1.82, 2.24) is 0 Å². The van der Waals surface area contributed by atoms with Gasteiger partial charge in [-0.15, -0.1) is 0 Å². The first-order valence-corrected chi connectivity index (χ1v) is 7.69. The van der Waals surface area contributed by atoms with Crippen molar-refractivity contribution in [3.8, 4) is 5.75 Å². The molecule has 112 valence electrons. The summed E-state index contributed by atoms with van der Waals surface area (Å²) in [7, 11) is 0. The zero-order chi connectivity index (χ0) is 15.7. The summed E-state index contributed by atoms with van der Waals surface area (Å²) in [6.07, 6.45) is 2.32. The van der Waals surface area contributed by atoms with Crippen molar-refractivity contribution in [1.29, 1.82) is 0 Å². The van der Waals surface area contributed by atoms with Gasteiger partial charge in [0.25, 0.3) is 0 Å². The van der Waals surface area contributed by atoms with E-state index in [2.05, 4.69) is 29.3 Å². The molecule has 3 nitrogen and oxygen atoms in total. The monoisotopic (exact) mass is 332 g/mol. The zero-order valence-corrected chi connectivity index (χ0v) is 13.4. The molecule has 0 unspecified atom stereocenters. The molecule has 1 N–H and O–H groups in total. The number of nitrogens with zero attached hydrogens (tertiary/aromatic N) is 2. The molecule has 22 heavy (non-hydrogen) atoms. The van der Waals surface area contributed by atoms with Gasteiger partial charge >= 0.3 is 0 Å². The molecule has 0 amide bonds. The molecule has 0 aliphatic heterocycles. The van der Waals surface area contributed by atoms with E-state index in [1.165, 1.54) is 17.8 Å². The van der Waals surface area contributed by atoms with Crippen LogP contribution in [-0.2, 0) is 0 Å². The minimum absolute atomic E-state index is 0.0461. The van der Waals surface area contributed by atoms with Crippen LogP contribution in [0.15, 0.2) is 46.6 Å². The highest BCUT2D eigenvalue weighted by Gasteiger charge is 2.23. The molecule has 0 heterocycles. The Morgan fingerprint density at radius 1 is 1.23 bits per heavy atom. The third kappa shape index (κ3) is 2.87. The number of rotatable bonds is 2. The summed E-state index contributed by atoms with van der Waals surface area (Å²) in [6, 6.07) is 11.3. The van der Waals surface area contributed by atoms with E-state index >= 15 is 0 Å². The van der Waals surface area contributed by atoms with E-state index < -0.39 is 0 Å². The summed E-state index contributed by atoms with van der Waals surface area (Å²) >= 11 is 11.8. The highest BCUT2D eigenvalue weighted by molar-refractivity contribution is 6.36. The van der Waals surface area contributed by atoms with E-state index in [1.807, 2.05) is 12.1 Å². The standard InChI is InChI=1S/C17H14Cl2N2O/c1-10-6-16(14-5-3-2-4-13(10)14)21-20-9-11-7-12(18)8-15(19)17(11)22/h2-5,7-10,22H,6H2,1H3/b20-9+,21-16?/t10-/m0/s1. The van der Waals surface area contributed by atoms with Gasteiger partial charge in [-0.3, -0.25) is 0 Å². The molecule has 3 rings (SSSR count). The number of hydrogen-bond acceptors (Lipinski definition) is 3. The predicted octanol–water partition coefficient (Wildman–Crippen LogP) is 5.03. The van der Waals surface area contributed by atoms with Crippen LogP contribution in [0.3, 0.4) is 0 Å². The summed E-state index contributed by atoms with van der Waals surface area (Å²) < 4.78 is 0. The molecule has 2 aromatic carbocycles. The van der Waals surface area contributed by atoms with Crippen LogP contribution >= 0.6 is 23.2 Å². The van der Waals surface area contributed by atoms with E-state index in [0.29, 0.717) is 16.5 Å². The van der Waals surface area contributed by atoms with Gasteiger partial charge in [0.1, 0.15) is 5.75 Å². The van der Waals surface area contributed by atoms with Gasteiger partial charge < -0.3 is 5.11 Å². The fourth-order valence-corrected chi connectivity index (χ4v) is 3.15. The van der Waals surface area contributed by atoms with Crippen molar-refractivity contribution in [3.05, 3.63) is 63.1 Å². The number of phenols is 1. The molecule has 0 saturated heterocycles. The summed E-state index contributed by atoms with van der Waals surface area (Å²) in [4.78, 5) is 0. The third-order valence-electron chi connectivity index (χ3n) is 3.74. The van der Waals surface area contributed by atoms with Crippen LogP contribution in [0.4, 0.5) is 0 Å². The largest absolute Gasteiger partial charge is 0.506 e. The van der Waals surface area contributed by atoms with Crippen molar-refractivity contribution in [2.45, 2.75) is 19.3 Å². The number of halogens is 2. The maximum atomic E-state index is 9.88. The minimum Gasteiger partial charge on any atom is -0.506 e. The first kappa shape index (κ1) is 15.1. The average Bonchev–Trinajstić information content (AvgIpc) is 2.81. The van der Waals surface area contributed by atoms with Crippen molar-refractivity contribution in [2.75, 3.05) is 0 Å². The Labute approximate surface area is 138 Å². The van der Waals surface area contributed by atoms with Gasteiger partial charge in [0, 0.05) is 16.1 Å². The fraction of sp³-hybridized carbons (Fsp3) is 0.176. The zero-order valence-electron chi connectivity index (χ0n) is 11.9. The molecule has 0 radical (unpaired) electrons. The lowest BCUT2D eigenvalue weighted by atomic mass is 10.0. The van der Waals surface area contributed by atoms with Crippen molar-refractivity contribution < 1.29 is 5.11 Å². The molecule has 0 bridgehead atoms.